The lowest BCUT2D eigenvalue weighted by Gasteiger charge is -2.17. The van der Waals surface area contributed by atoms with Crippen LogP contribution in [0.2, 0.25) is 0 Å². The molecule has 2 unspecified atom stereocenters. The molecule has 24 heavy (non-hydrogen) atoms. The molecule has 0 saturated heterocycles. The lowest BCUT2D eigenvalue weighted by atomic mass is 9.89. The highest BCUT2D eigenvalue weighted by molar-refractivity contribution is 8.01. The maximum Gasteiger partial charge on any atom is 0.259 e. The molecule has 3 heterocycles. The number of rotatable bonds is 3. The van der Waals surface area contributed by atoms with Crippen LogP contribution in [0.5, 0.6) is 0 Å². The van der Waals surface area contributed by atoms with Gasteiger partial charge in [0.15, 0.2) is 4.34 Å². The molecule has 0 spiro atoms. The molecule has 3 aromatic rings. The molecule has 0 fully saturated rings. The van der Waals surface area contributed by atoms with E-state index < -0.39 is 0 Å². The van der Waals surface area contributed by atoms with Gasteiger partial charge in [0.25, 0.3) is 5.56 Å². The van der Waals surface area contributed by atoms with Gasteiger partial charge in [-0.2, -0.15) is 0 Å². The molecule has 0 aliphatic heterocycles. The minimum Gasteiger partial charge on any atom is -0.374 e. The zero-order valence-corrected chi connectivity index (χ0v) is 15.8. The van der Waals surface area contributed by atoms with Crippen molar-refractivity contribution in [3.05, 3.63) is 26.6 Å². The van der Waals surface area contributed by atoms with Crippen LogP contribution in [0.25, 0.3) is 10.2 Å². The number of aromatic nitrogens is 4. The van der Waals surface area contributed by atoms with E-state index in [0.717, 1.165) is 33.8 Å². The van der Waals surface area contributed by atoms with Gasteiger partial charge in [-0.1, -0.05) is 30.0 Å². The number of hydrogen-bond donors (Lipinski definition) is 2. The standard InChI is InChI=1S/C15H17N5OS3/c1-6-3-4-8-9(5-6)23-13-10(8)12(21)17-11(18-13)7(2)22-15-20-19-14(16)24-15/h6-7H,3-5H2,1-2H3,(H2,16,19)(H,17,18,21). The van der Waals surface area contributed by atoms with Gasteiger partial charge in [-0.3, -0.25) is 4.79 Å². The minimum absolute atomic E-state index is 0.0208. The van der Waals surface area contributed by atoms with Gasteiger partial charge in [-0.05, 0) is 37.7 Å². The van der Waals surface area contributed by atoms with Crippen molar-refractivity contribution in [1.82, 2.24) is 20.2 Å². The van der Waals surface area contributed by atoms with E-state index in [2.05, 4.69) is 22.1 Å². The van der Waals surface area contributed by atoms with E-state index in [-0.39, 0.29) is 10.8 Å². The third-order valence-corrected chi connectivity index (χ3v) is 7.36. The number of anilines is 1. The fourth-order valence-electron chi connectivity index (χ4n) is 3.03. The van der Waals surface area contributed by atoms with Crippen LogP contribution in [0, 0.1) is 5.92 Å². The normalized spacial score (nSPS) is 18.7. The van der Waals surface area contributed by atoms with Crippen LogP contribution in [0.15, 0.2) is 9.13 Å². The second-order valence-electron chi connectivity index (χ2n) is 6.15. The molecule has 1 aliphatic rings. The summed E-state index contributed by atoms with van der Waals surface area (Å²) in [4.78, 5) is 22.5. The molecule has 126 valence electrons. The summed E-state index contributed by atoms with van der Waals surface area (Å²) in [5, 5.41) is 9.05. The van der Waals surface area contributed by atoms with Gasteiger partial charge in [-0.25, -0.2) is 4.98 Å². The molecule has 4 rings (SSSR count). The average molecular weight is 380 g/mol. The van der Waals surface area contributed by atoms with Crippen molar-refractivity contribution in [2.75, 3.05) is 5.73 Å². The molecular formula is C15H17N5OS3. The molecule has 0 saturated carbocycles. The number of nitrogens with one attached hydrogen (secondary N) is 1. The smallest absolute Gasteiger partial charge is 0.259 e. The fourth-order valence-corrected chi connectivity index (χ4v) is 6.26. The predicted molar refractivity (Wildman–Crippen MR) is 100 cm³/mol. The maximum absolute atomic E-state index is 12.6. The van der Waals surface area contributed by atoms with Crippen LogP contribution in [0.4, 0.5) is 5.13 Å². The minimum atomic E-state index is -0.0220. The van der Waals surface area contributed by atoms with E-state index in [0.29, 0.717) is 16.9 Å². The van der Waals surface area contributed by atoms with Gasteiger partial charge < -0.3 is 10.7 Å². The number of thiophene rings is 1. The number of hydrogen-bond acceptors (Lipinski definition) is 8. The van der Waals surface area contributed by atoms with Gasteiger partial charge in [0, 0.05) is 4.88 Å². The summed E-state index contributed by atoms with van der Waals surface area (Å²) >= 11 is 4.52. The summed E-state index contributed by atoms with van der Waals surface area (Å²) in [5.74, 6) is 1.36. The Kier molecular flexibility index (Phi) is 4.09. The zero-order valence-electron chi connectivity index (χ0n) is 13.3. The van der Waals surface area contributed by atoms with E-state index in [1.54, 1.807) is 11.3 Å². The third kappa shape index (κ3) is 2.84. The number of nitrogens with zero attached hydrogens (tertiary/aromatic N) is 3. The van der Waals surface area contributed by atoms with E-state index in [4.69, 9.17) is 10.7 Å². The van der Waals surface area contributed by atoms with Gasteiger partial charge in [0.05, 0.1) is 10.6 Å². The van der Waals surface area contributed by atoms with Crippen LogP contribution in [0.3, 0.4) is 0 Å². The SMILES string of the molecule is CC1CCc2c(sc3nc(C(C)Sc4nnc(N)s4)[nH]c(=O)c23)C1. The molecule has 2 atom stereocenters. The molecule has 3 N–H and O–H groups in total. The molecule has 3 aromatic heterocycles. The largest absolute Gasteiger partial charge is 0.374 e. The lowest BCUT2D eigenvalue weighted by molar-refractivity contribution is 0.509. The molecule has 0 amide bonds. The Balaban J connectivity index is 1.71. The highest BCUT2D eigenvalue weighted by atomic mass is 32.2. The first-order chi connectivity index (χ1) is 11.5. The van der Waals surface area contributed by atoms with E-state index >= 15 is 0 Å². The molecule has 0 bridgehead atoms. The molecule has 9 heteroatoms. The Hall–Kier alpha value is -1.45. The van der Waals surface area contributed by atoms with Crippen molar-refractivity contribution in [2.45, 2.75) is 42.7 Å². The number of thioether (sulfide) groups is 1. The third-order valence-electron chi connectivity index (χ3n) is 4.27. The van der Waals surface area contributed by atoms with Crippen LogP contribution in [0.1, 0.15) is 41.8 Å². The van der Waals surface area contributed by atoms with Crippen LogP contribution in [-0.2, 0) is 12.8 Å². The second kappa shape index (κ2) is 6.12. The van der Waals surface area contributed by atoms with Crippen molar-refractivity contribution in [1.29, 1.82) is 0 Å². The van der Waals surface area contributed by atoms with Gasteiger partial charge in [0.1, 0.15) is 10.7 Å². The fraction of sp³-hybridized carbons (Fsp3) is 0.467. The topological polar surface area (TPSA) is 97.5 Å². The van der Waals surface area contributed by atoms with Crippen LogP contribution >= 0.6 is 34.4 Å². The maximum atomic E-state index is 12.6. The van der Waals surface area contributed by atoms with E-state index in [9.17, 15) is 4.79 Å². The molecule has 6 nitrogen and oxygen atoms in total. The number of fused-ring (bicyclic) bond motifs is 3. The molecular weight excluding hydrogens is 362 g/mol. The summed E-state index contributed by atoms with van der Waals surface area (Å²) in [7, 11) is 0. The number of aromatic amines is 1. The van der Waals surface area contributed by atoms with Gasteiger partial charge in [-0.15, -0.1) is 21.5 Å². The van der Waals surface area contributed by atoms with Gasteiger partial charge in [0.2, 0.25) is 5.13 Å². The highest BCUT2D eigenvalue weighted by Gasteiger charge is 2.24. The Labute approximate surface area is 150 Å². The van der Waals surface area contributed by atoms with Crippen molar-refractivity contribution < 1.29 is 0 Å². The van der Waals surface area contributed by atoms with Crippen molar-refractivity contribution in [2.24, 2.45) is 5.92 Å². The second-order valence-corrected chi connectivity index (χ2v) is 9.83. The Bertz CT molecular complexity index is 960. The molecule has 0 aromatic carbocycles. The van der Waals surface area contributed by atoms with Gasteiger partial charge >= 0.3 is 0 Å². The summed E-state index contributed by atoms with van der Waals surface area (Å²) in [6.45, 7) is 4.27. The summed E-state index contributed by atoms with van der Waals surface area (Å²) < 4.78 is 0.780. The van der Waals surface area contributed by atoms with Crippen molar-refractivity contribution in [3.8, 4) is 0 Å². The Morgan fingerprint density at radius 3 is 2.96 bits per heavy atom. The number of aryl methyl sites for hydroxylation is 1. The monoisotopic (exact) mass is 379 g/mol. The Morgan fingerprint density at radius 1 is 1.38 bits per heavy atom. The zero-order chi connectivity index (χ0) is 16.8. The predicted octanol–water partition coefficient (Wildman–Crippen LogP) is 3.40. The van der Waals surface area contributed by atoms with E-state index in [1.807, 2.05) is 6.92 Å². The highest BCUT2D eigenvalue weighted by Crippen LogP contribution is 2.38. The number of nitrogens with two attached hydrogens (primary N) is 1. The number of H-pyrrole nitrogens is 1. The summed E-state index contributed by atoms with van der Waals surface area (Å²) in [6.07, 6.45) is 3.18. The first-order valence-corrected chi connectivity index (χ1v) is 10.3. The van der Waals surface area contributed by atoms with Crippen LogP contribution in [-0.4, -0.2) is 20.2 Å². The average Bonchev–Trinajstić information content (AvgIpc) is 3.09. The summed E-state index contributed by atoms with van der Waals surface area (Å²) in [6, 6.07) is 0. The lowest BCUT2D eigenvalue weighted by Crippen LogP contribution is -2.15. The number of nitrogen functional groups attached to an aromatic ring is 1. The van der Waals surface area contributed by atoms with E-state index in [1.165, 1.54) is 33.5 Å². The first-order valence-electron chi connectivity index (χ1n) is 7.81. The van der Waals surface area contributed by atoms with Crippen LogP contribution < -0.4 is 11.3 Å². The van der Waals surface area contributed by atoms with Crippen molar-refractivity contribution in [3.63, 3.8) is 0 Å². The quantitative estimate of drug-likeness (QED) is 0.677. The first kappa shape index (κ1) is 16.0. The summed E-state index contributed by atoms with van der Waals surface area (Å²) in [5.41, 5.74) is 6.81. The van der Waals surface area contributed by atoms with Crippen molar-refractivity contribution >= 4 is 49.8 Å². The Morgan fingerprint density at radius 2 is 2.21 bits per heavy atom. The molecule has 1 aliphatic carbocycles. The molecule has 0 radical (unpaired) electrons.